The van der Waals surface area contributed by atoms with E-state index in [1.165, 1.54) is 18.3 Å². The van der Waals surface area contributed by atoms with Crippen molar-refractivity contribution >= 4 is 33.8 Å². The van der Waals surface area contributed by atoms with Crippen LogP contribution in [0.3, 0.4) is 0 Å². The van der Waals surface area contributed by atoms with Gasteiger partial charge < -0.3 is 0 Å². The van der Waals surface area contributed by atoms with E-state index in [0.717, 1.165) is 22.2 Å². The third-order valence-electron chi connectivity index (χ3n) is 3.52. The zero-order chi connectivity index (χ0) is 15.7. The highest BCUT2D eigenvalue weighted by Crippen LogP contribution is 2.22. The highest BCUT2D eigenvalue weighted by molar-refractivity contribution is 7.16. The van der Waals surface area contributed by atoms with E-state index in [4.69, 9.17) is 0 Å². The molecule has 0 aliphatic carbocycles. The lowest BCUT2D eigenvalue weighted by molar-refractivity contribution is 0.0995. The Hall–Kier alpha value is -2.33. The lowest BCUT2D eigenvalue weighted by Gasteiger charge is -2.05. The van der Waals surface area contributed by atoms with Crippen LogP contribution < -0.4 is 0 Å². The zero-order valence-corrected chi connectivity index (χ0v) is 13.2. The van der Waals surface area contributed by atoms with Gasteiger partial charge in [0.25, 0.3) is 0 Å². The number of Topliss-reactive ketones (excluding diaryl/α,β-unsaturated/α-hetero) is 2. The molecule has 3 aromatic rings. The molecule has 0 radical (unpaired) electrons. The Bertz CT molecular complexity index is 880. The number of para-hydroxylation sites is 1. The Morgan fingerprint density at radius 1 is 1.05 bits per heavy atom. The summed E-state index contributed by atoms with van der Waals surface area (Å²) in [6.45, 7) is 3.45. The summed E-state index contributed by atoms with van der Waals surface area (Å²) in [4.78, 5) is 29.6. The van der Waals surface area contributed by atoms with Crippen molar-refractivity contribution in [2.24, 2.45) is 0 Å². The summed E-state index contributed by atoms with van der Waals surface area (Å²) < 4.78 is 0. The van der Waals surface area contributed by atoms with Gasteiger partial charge in [0.15, 0.2) is 11.6 Å². The molecule has 2 aromatic heterocycles. The molecule has 0 atom stereocenters. The van der Waals surface area contributed by atoms with Crippen LogP contribution in [0.5, 0.6) is 0 Å². The number of hydrogen-bond donors (Lipinski definition) is 0. The quantitative estimate of drug-likeness (QED) is 0.677. The van der Waals surface area contributed by atoms with Gasteiger partial charge in [-0.05, 0) is 37.6 Å². The molecule has 0 aliphatic rings. The van der Waals surface area contributed by atoms with E-state index in [9.17, 15) is 9.59 Å². The number of aromatic nitrogens is 1. The van der Waals surface area contributed by atoms with Gasteiger partial charge in [-0.15, -0.1) is 11.3 Å². The number of pyridine rings is 1. The van der Waals surface area contributed by atoms with Gasteiger partial charge in [-0.1, -0.05) is 24.3 Å². The third-order valence-corrected chi connectivity index (χ3v) is 4.75. The van der Waals surface area contributed by atoms with Crippen LogP contribution in [0.1, 0.15) is 37.5 Å². The van der Waals surface area contributed by atoms with Crippen molar-refractivity contribution in [1.82, 2.24) is 4.98 Å². The van der Waals surface area contributed by atoms with E-state index >= 15 is 0 Å². The van der Waals surface area contributed by atoms with E-state index in [-0.39, 0.29) is 11.6 Å². The first-order chi connectivity index (χ1) is 10.5. The maximum Gasteiger partial charge on any atom is 0.177 e. The molecule has 1 aromatic carbocycles. The highest BCUT2D eigenvalue weighted by atomic mass is 32.1. The number of benzene rings is 1. The Labute approximate surface area is 132 Å². The van der Waals surface area contributed by atoms with Crippen molar-refractivity contribution in [3.8, 4) is 0 Å². The molecule has 0 bridgehead atoms. The molecule has 0 spiro atoms. The van der Waals surface area contributed by atoms with Crippen LogP contribution in [0.4, 0.5) is 0 Å². The number of ketones is 2. The fraction of sp³-hybridized carbons (Fsp3) is 0.167. The maximum absolute atomic E-state index is 12.4. The van der Waals surface area contributed by atoms with Crippen molar-refractivity contribution in [2.75, 3.05) is 0 Å². The first-order valence-corrected chi connectivity index (χ1v) is 7.85. The summed E-state index contributed by atoms with van der Waals surface area (Å²) in [6, 6.07) is 13.3. The van der Waals surface area contributed by atoms with Crippen molar-refractivity contribution in [1.29, 1.82) is 0 Å². The van der Waals surface area contributed by atoms with Crippen LogP contribution in [0.25, 0.3) is 10.9 Å². The second-order valence-corrected chi connectivity index (χ2v) is 6.35. The molecule has 0 saturated heterocycles. The van der Waals surface area contributed by atoms with Gasteiger partial charge >= 0.3 is 0 Å². The summed E-state index contributed by atoms with van der Waals surface area (Å²) in [6.07, 6.45) is 0.297. The molecular formula is C18H15NO2S. The van der Waals surface area contributed by atoms with Gasteiger partial charge in [0.05, 0.1) is 15.3 Å². The molecule has 110 valence electrons. The smallest absolute Gasteiger partial charge is 0.177 e. The molecule has 22 heavy (non-hydrogen) atoms. The van der Waals surface area contributed by atoms with Gasteiger partial charge in [0, 0.05) is 17.5 Å². The monoisotopic (exact) mass is 309 g/mol. The van der Waals surface area contributed by atoms with Crippen LogP contribution in [0.15, 0.2) is 42.5 Å². The Kier molecular flexibility index (Phi) is 3.86. The van der Waals surface area contributed by atoms with Crippen LogP contribution in [0.2, 0.25) is 0 Å². The number of carbonyl (C=O) groups is 2. The number of nitrogens with zero attached hydrogens (tertiary/aromatic N) is 1. The van der Waals surface area contributed by atoms with Crippen LogP contribution >= 0.6 is 11.3 Å². The van der Waals surface area contributed by atoms with Crippen molar-refractivity contribution in [3.05, 3.63) is 63.5 Å². The van der Waals surface area contributed by atoms with Crippen LogP contribution in [0, 0.1) is 6.92 Å². The molecule has 0 saturated carbocycles. The number of fused-ring (bicyclic) bond motifs is 1. The van der Waals surface area contributed by atoms with Crippen LogP contribution in [-0.2, 0) is 6.42 Å². The molecule has 0 unspecified atom stereocenters. The number of aryl methyl sites for hydroxylation is 1. The zero-order valence-electron chi connectivity index (χ0n) is 12.4. The normalized spacial score (nSPS) is 10.8. The molecule has 0 N–H and O–H groups in total. The number of rotatable bonds is 4. The van der Waals surface area contributed by atoms with Gasteiger partial charge in [-0.3, -0.25) is 14.6 Å². The van der Waals surface area contributed by atoms with E-state index in [0.29, 0.717) is 16.2 Å². The minimum Gasteiger partial charge on any atom is -0.294 e. The number of thiophene rings is 1. The van der Waals surface area contributed by atoms with Crippen molar-refractivity contribution < 1.29 is 9.59 Å². The Balaban J connectivity index is 1.93. The fourth-order valence-corrected chi connectivity index (χ4v) is 3.22. The first kappa shape index (κ1) is 14.6. The highest BCUT2D eigenvalue weighted by Gasteiger charge is 2.14. The average Bonchev–Trinajstić information content (AvgIpc) is 2.98. The fourth-order valence-electron chi connectivity index (χ4n) is 2.39. The summed E-state index contributed by atoms with van der Waals surface area (Å²) in [7, 11) is 0. The minimum atomic E-state index is -0.00787. The summed E-state index contributed by atoms with van der Waals surface area (Å²) in [5, 5.41) is 1.03. The molecular weight excluding hydrogens is 294 g/mol. The Morgan fingerprint density at radius 3 is 2.55 bits per heavy atom. The maximum atomic E-state index is 12.4. The lowest BCUT2D eigenvalue weighted by atomic mass is 10.0. The second kappa shape index (κ2) is 5.81. The molecule has 3 nitrogen and oxygen atoms in total. The molecule has 0 fully saturated rings. The standard InChI is InChI=1S/C18H15NO2S/c1-11-6-7-13-4-3-5-14(18(13)19-11)10-15(21)17-9-8-16(22-17)12(2)20/h3-9H,10H2,1-2H3. The van der Waals surface area contributed by atoms with Gasteiger partial charge in [0.2, 0.25) is 0 Å². The van der Waals surface area contributed by atoms with Crippen molar-refractivity contribution in [3.63, 3.8) is 0 Å². The lowest BCUT2D eigenvalue weighted by Crippen LogP contribution is -2.02. The topological polar surface area (TPSA) is 47.0 Å². The van der Waals surface area contributed by atoms with E-state index in [1.54, 1.807) is 12.1 Å². The third kappa shape index (κ3) is 2.83. The molecule has 3 rings (SSSR count). The SMILES string of the molecule is CC(=O)c1ccc(C(=O)Cc2cccc3ccc(C)nc23)s1. The summed E-state index contributed by atoms with van der Waals surface area (Å²) in [5.74, 6) is 0.0137. The number of carbonyl (C=O) groups excluding carboxylic acids is 2. The van der Waals surface area contributed by atoms with Gasteiger partial charge in [0.1, 0.15) is 0 Å². The summed E-state index contributed by atoms with van der Waals surface area (Å²) >= 11 is 1.26. The molecule has 4 heteroatoms. The second-order valence-electron chi connectivity index (χ2n) is 5.26. The predicted octanol–water partition coefficient (Wildman–Crippen LogP) is 4.23. The van der Waals surface area contributed by atoms with Crippen molar-refractivity contribution in [2.45, 2.75) is 20.3 Å². The largest absolute Gasteiger partial charge is 0.294 e. The minimum absolute atomic E-state index is 0.00787. The average molecular weight is 309 g/mol. The predicted molar refractivity (Wildman–Crippen MR) is 88.8 cm³/mol. The molecule has 0 amide bonds. The van der Waals surface area contributed by atoms with Gasteiger partial charge in [-0.2, -0.15) is 0 Å². The van der Waals surface area contributed by atoms with E-state index in [1.807, 2.05) is 37.3 Å². The summed E-state index contributed by atoms with van der Waals surface area (Å²) in [5.41, 5.74) is 2.73. The van der Waals surface area contributed by atoms with Crippen LogP contribution in [-0.4, -0.2) is 16.6 Å². The first-order valence-electron chi connectivity index (χ1n) is 7.04. The molecule has 0 aliphatic heterocycles. The Morgan fingerprint density at radius 2 is 1.82 bits per heavy atom. The van der Waals surface area contributed by atoms with E-state index in [2.05, 4.69) is 4.98 Å². The van der Waals surface area contributed by atoms with E-state index < -0.39 is 0 Å². The molecule has 2 heterocycles. The number of hydrogen-bond acceptors (Lipinski definition) is 4. The van der Waals surface area contributed by atoms with Gasteiger partial charge in [-0.25, -0.2) is 0 Å².